The van der Waals surface area contributed by atoms with Crippen LogP contribution in [0.4, 0.5) is 0 Å². The van der Waals surface area contributed by atoms with E-state index in [1.807, 2.05) is 0 Å². The SMILES string of the molecule is COC1O[C]=CO1. The summed E-state index contributed by atoms with van der Waals surface area (Å²) in [7, 11) is 1.49. The van der Waals surface area contributed by atoms with Crippen LogP contribution in [0.2, 0.25) is 0 Å². The molecule has 3 nitrogen and oxygen atoms in total. The third kappa shape index (κ3) is 0.838. The quantitative estimate of drug-likeness (QED) is 0.473. The lowest BCUT2D eigenvalue weighted by atomic mass is 11.1. The Bertz CT molecular complexity index is 71.0. The van der Waals surface area contributed by atoms with Gasteiger partial charge in [-0.05, 0) is 0 Å². The van der Waals surface area contributed by atoms with Crippen LogP contribution >= 0.6 is 0 Å². The van der Waals surface area contributed by atoms with Crippen molar-refractivity contribution in [3.8, 4) is 0 Å². The highest BCUT2D eigenvalue weighted by Gasteiger charge is 2.08. The molecule has 1 rings (SSSR count). The maximum Gasteiger partial charge on any atom is 0.360 e. The van der Waals surface area contributed by atoms with Crippen LogP contribution in [-0.2, 0) is 14.2 Å². The molecule has 3 heteroatoms. The second-order valence-corrected chi connectivity index (χ2v) is 1.01. The van der Waals surface area contributed by atoms with Crippen molar-refractivity contribution < 1.29 is 14.2 Å². The first kappa shape index (κ1) is 4.46. The largest absolute Gasteiger partial charge is 0.436 e. The van der Waals surface area contributed by atoms with Crippen molar-refractivity contribution in [1.29, 1.82) is 0 Å². The normalized spacial score (nSPS) is 19.0. The van der Waals surface area contributed by atoms with E-state index in [0.717, 1.165) is 0 Å². The van der Waals surface area contributed by atoms with Gasteiger partial charge in [-0.1, -0.05) is 0 Å². The smallest absolute Gasteiger partial charge is 0.360 e. The molecule has 1 radical (unpaired) electrons. The summed E-state index contributed by atoms with van der Waals surface area (Å²) in [5.41, 5.74) is 0. The van der Waals surface area contributed by atoms with Gasteiger partial charge in [0.05, 0.1) is 0 Å². The van der Waals surface area contributed by atoms with Gasteiger partial charge >= 0.3 is 6.48 Å². The Hall–Kier alpha value is -0.700. The molecule has 0 aromatic heterocycles. The summed E-state index contributed by atoms with van der Waals surface area (Å²) >= 11 is 0. The van der Waals surface area contributed by atoms with Crippen molar-refractivity contribution in [3.63, 3.8) is 0 Å². The van der Waals surface area contributed by atoms with E-state index < -0.39 is 6.48 Å². The van der Waals surface area contributed by atoms with Crippen molar-refractivity contribution >= 4 is 0 Å². The van der Waals surface area contributed by atoms with Gasteiger partial charge in [-0.15, -0.1) is 0 Å². The van der Waals surface area contributed by atoms with Crippen molar-refractivity contribution in [2.45, 2.75) is 6.48 Å². The number of hydrogen-bond acceptors (Lipinski definition) is 3. The minimum absolute atomic E-state index is 0.569. The molecule has 0 aromatic rings. The molecule has 0 amide bonds. The summed E-state index contributed by atoms with van der Waals surface area (Å²) < 4.78 is 13.7. The summed E-state index contributed by atoms with van der Waals surface area (Å²) in [6.07, 6.45) is 3.66. The van der Waals surface area contributed by atoms with Gasteiger partial charge in [-0.2, -0.15) is 0 Å². The van der Waals surface area contributed by atoms with E-state index >= 15 is 0 Å². The van der Waals surface area contributed by atoms with E-state index in [9.17, 15) is 0 Å². The van der Waals surface area contributed by atoms with E-state index in [1.54, 1.807) is 0 Å². The summed E-state index contributed by atoms with van der Waals surface area (Å²) in [5, 5.41) is 0. The Morgan fingerprint density at radius 1 is 1.86 bits per heavy atom. The third-order valence-corrected chi connectivity index (χ3v) is 0.584. The van der Waals surface area contributed by atoms with E-state index in [0.29, 0.717) is 0 Å². The van der Waals surface area contributed by atoms with E-state index in [-0.39, 0.29) is 0 Å². The summed E-state index contributed by atoms with van der Waals surface area (Å²) in [4.78, 5) is 0. The van der Waals surface area contributed by atoms with Crippen LogP contribution in [0.5, 0.6) is 0 Å². The number of methoxy groups -OCH3 is 1. The van der Waals surface area contributed by atoms with Crippen LogP contribution in [0.3, 0.4) is 0 Å². The van der Waals surface area contributed by atoms with Gasteiger partial charge < -0.3 is 14.2 Å². The lowest BCUT2D eigenvalue weighted by Crippen LogP contribution is -2.08. The zero-order valence-electron chi connectivity index (χ0n) is 3.88. The molecule has 7 heavy (non-hydrogen) atoms. The highest BCUT2D eigenvalue weighted by atomic mass is 16.9. The Morgan fingerprint density at radius 2 is 2.71 bits per heavy atom. The Kier molecular flexibility index (Phi) is 1.17. The predicted octanol–water partition coefficient (Wildman–Crippen LogP) is 0.238. The molecule has 1 aliphatic rings. The number of ether oxygens (including phenoxy) is 3. The summed E-state index contributed by atoms with van der Waals surface area (Å²) in [5.74, 6) is 0. The second kappa shape index (κ2) is 1.84. The standard InChI is InChI=1S/C4H5O3/c1-5-4-6-2-3-7-4/h2,4H,1H3. The molecule has 1 unspecified atom stereocenters. The van der Waals surface area contributed by atoms with Gasteiger partial charge in [0.15, 0.2) is 0 Å². The zero-order valence-corrected chi connectivity index (χ0v) is 3.88. The molecule has 0 fully saturated rings. The first-order chi connectivity index (χ1) is 3.43. The van der Waals surface area contributed by atoms with E-state index in [4.69, 9.17) is 0 Å². The van der Waals surface area contributed by atoms with Gasteiger partial charge in [0.1, 0.15) is 6.26 Å². The molecular formula is C4H5O3. The maximum atomic E-state index is 4.62. The first-order valence-corrected chi connectivity index (χ1v) is 1.84. The Labute approximate surface area is 41.5 Å². The highest BCUT2D eigenvalue weighted by Crippen LogP contribution is 2.02. The minimum Gasteiger partial charge on any atom is -0.436 e. The molecule has 1 heterocycles. The van der Waals surface area contributed by atoms with Crippen LogP contribution in [0.15, 0.2) is 6.26 Å². The predicted molar refractivity (Wildman–Crippen MR) is 20.8 cm³/mol. The van der Waals surface area contributed by atoms with Gasteiger partial charge in [0, 0.05) is 7.11 Å². The van der Waals surface area contributed by atoms with Gasteiger partial charge in [0.2, 0.25) is 6.26 Å². The second-order valence-electron chi connectivity index (χ2n) is 1.01. The van der Waals surface area contributed by atoms with E-state index in [2.05, 4.69) is 20.5 Å². The van der Waals surface area contributed by atoms with Crippen LogP contribution in [-0.4, -0.2) is 13.6 Å². The van der Waals surface area contributed by atoms with Crippen molar-refractivity contribution in [3.05, 3.63) is 12.5 Å². The molecule has 0 N–H and O–H groups in total. The van der Waals surface area contributed by atoms with Gasteiger partial charge in [0.25, 0.3) is 0 Å². The molecule has 0 aromatic carbocycles. The summed E-state index contributed by atoms with van der Waals surface area (Å²) in [6.45, 7) is -0.569. The van der Waals surface area contributed by atoms with Crippen LogP contribution in [0.25, 0.3) is 0 Å². The first-order valence-electron chi connectivity index (χ1n) is 1.84. The maximum absolute atomic E-state index is 4.62. The molecular weight excluding hydrogens is 96.0 g/mol. The van der Waals surface area contributed by atoms with Crippen molar-refractivity contribution in [2.24, 2.45) is 0 Å². The van der Waals surface area contributed by atoms with Crippen LogP contribution in [0, 0.1) is 6.26 Å². The van der Waals surface area contributed by atoms with Gasteiger partial charge in [-0.3, -0.25) is 0 Å². The lowest BCUT2D eigenvalue weighted by molar-refractivity contribution is -0.206. The fourth-order valence-electron chi connectivity index (χ4n) is 0.298. The number of rotatable bonds is 1. The Balaban J connectivity index is 2.22. The molecule has 0 bridgehead atoms. The minimum atomic E-state index is -0.569. The Morgan fingerprint density at radius 3 is 3.00 bits per heavy atom. The zero-order chi connectivity index (χ0) is 5.11. The molecule has 1 aliphatic heterocycles. The number of hydrogen-bond donors (Lipinski definition) is 0. The molecule has 1 atom stereocenters. The highest BCUT2D eigenvalue weighted by molar-refractivity contribution is 4.57. The van der Waals surface area contributed by atoms with Crippen LogP contribution < -0.4 is 0 Å². The average molecular weight is 101 g/mol. The van der Waals surface area contributed by atoms with Crippen LogP contribution in [0.1, 0.15) is 0 Å². The molecule has 39 valence electrons. The van der Waals surface area contributed by atoms with Crippen molar-refractivity contribution in [1.82, 2.24) is 0 Å². The summed E-state index contributed by atoms with van der Waals surface area (Å²) in [6, 6.07) is 0. The monoisotopic (exact) mass is 101 g/mol. The fourth-order valence-corrected chi connectivity index (χ4v) is 0.298. The molecule has 0 spiro atoms. The molecule has 0 aliphatic carbocycles. The topological polar surface area (TPSA) is 27.7 Å². The molecule has 0 saturated carbocycles. The van der Waals surface area contributed by atoms with Gasteiger partial charge in [-0.25, -0.2) is 0 Å². The fraction of sp³-hybridized carbons (Fsp3) is 0.500. The van der Waals surface area contributed by atoms with E-state index in [1.165, 1.54) is 13.4 Å². The van der Waals surface area contributed by atoms with Crippen molar-refractivity contribution in [2.75, 3.05) is 7.11 Å². The third-order valence-electron chi connectivity index (χ3n) is 0.584. The molecule has 0 saturated heterocycles. The average Bonchev–Trinajstić information content (AvgIpc) is 2.14. The lowest BCUT2D eigenvalue weighted by Gasteiger charge is -2.03.